The number of hydrogen-bond donors (Lipinski definition) is 0. The highest BCUT2D eigenvalue weighted by atomic mass is 79.9. The van der Waals surface area contributed by atoms with Gasteiger partial charge in [0.15, 0.2) is 0 Å². The number of amides is 4. The number of imide groups is 2. The van der Waals surface area contributed by atoms with Crippen molar-refractivity contribution >= 4 is 51.5 Å². The number of rotatable bonds is 1. The lowest BCUT2D eigenvalue weighted by molar-refractivity contribution is -0.121. The van der Waals surface area contributed by atoms with Gasteiger partial charge in [-0.2, -0.15) is 4.90 Å². The molecule has 0 saturated carbocycles. The number of fused-ring (bicyclic) bond motifs is 1. The van der Waals surface area contributed by atoms with Crippen molar-refractivity contribution in [1.29, 1.82) is 0 Å². The van der Waals surface area contributed by atoms with Crippen LogP contribution in [-0.2, 0) is 24.4 Å². The first-order chi connectivity index (χ1) is 15.5. The van der Waals surface area contributed by atoms with E-state index in [9.17, 15) is 19.2 Å². The molecule has 0 unspecified atom stereocenters. The molecule has 10 heteroatoms. The van der Waals surface area contributed by atoms with Gasteiger partial charge in [0.1, 0.15) is 16.8 Å². The zero-order valence-corrected chi connectivity index (χ0v) is 23.9. The molecule has 1 heterocycles. The number of carbonyl (C=O) groups excluding carboxylic acids is 4. The third-order valence-corrected chi connectivity index (χ3v) is 5.32. The number of ether oxygens (including phenoxy) is 3. The van der Waals surface area contributed by atoms with Crippen molar-refractivity contribution in [2.75, 3.05) is 9.80 Å². The van der Waals surface area contributed by atoms with Crippen molar-refractivity contribution < 1.29 is 33.4 Å². The minimum absolute atomic E-state index is 0.110. The van der Waals surface area contributed by atoms with E-state index in [0.29, 0.717) is 11.3 Å². The quantitative estimate of drug-likeness (QED) is 0.356. The second kappa shape index (κ2) is 9.11. The van der Waals surface area contributed by atoms with Crippen molar-refractivity contribution in [2.45, 2.75) is 98.4 Å². The summed E-state index contributed by atoms with van der Waals surface area (Å²) in [5.74, 6) is -0.494. The lowest BCUT2D eigenvalue weighted by atomic mass is 9.86. The predicted molar refractivity (Wildman–Crippen MR) is 136 cm³/mol. The van der Waals surface area contributed by atoms with Gasteiger partial charge in [-0.05, 0) is 110 Å². The van der Waals surface area contributed by atoms with Crippen LogP contribution in [0.5, 0.6) is 0 Å². The molecule has 0 saturated heterocycles. The fourth-order valence-corrected chi connectivity index (χ4v) is 3.80. The molecule has 9 nitrogen and oxygen atoms in total. The molecule has 1 aliphatic heterocycles. The van der Waals surface area contributed by atoms with E-state index < -0.39 is 46.4 Å². The number of carbonyl (C=O) groups is 4. The standard InChI is InChI=1S/C25H35BrN2O7/c1-22(2,3)33-19(30)27-16-13-15(26)17(12-14(16)25(10,11)18(27)29)28(20(31)34-23(4,5)6)21(32)35-24(7,8)9/h12-13H,1-11H3. The molecule has 2 rings (SSSR count). The first kappa shape index (κ1) is 28.6. The van der Waals surface area contributed by atoms with Gasteiger partial charge < -0.3 is 14.2 Å². The summed E-state index contributed by atoms with van der Waals surface area (Å²) in [7, 11) is 0. The van der Waals surface area contributed by atoms with Crippen LogP contribution in [0.15, 0.2) is 16.6 Å². The summed E-state index contributed by atoms with van der Waals surface area (Å²) in [6.45, 7) is 18.5. The van der Waals surface area contributed by atoms with Crippen LogP contribution in [0.2, 0.25) is 0 Å². The Kier molecular flexibility index (Phi) is 7.45. The average Bonchev–Trinajstić information content (AvgIpc) is 2.77. The summed E-state index contributed by atoms with van der Waals surface area (Å²) in [6, 6.07) is 3.01. The van der Waals surface area contributed by atoms with Gasteiger partial charge in [0.2, 0.25) is 5.91 Å². The molecule has 1 aliphatic rings. The van der Waals surface area contributed by atoms with Crippen LogP contribution in [0.3, 0.4) is 0 Å². The van der Waals surface area contributed by atoms with Crippen LogP contribution < -0.4 is 9.80 Å². The highest BCUT2D eigenvalue weighted by Crippen LogP contribution is 2.47. The molecule has 0 spiro atoms. The highest BCUT2D eigenvalue weighted by Gasteiger charge is 2.49. The van der Waals surface area contributed by atoms with Crippen LogP contribution in [-0.4, -0.2) is 41.0 Å². The first-order valence-corrected chi connectivity index (χ1v) is 12.0. The smallest absolute Gasteiger partial charge is 0.424 e. The zero-order chi connectivity index (χ0) is 27.3. The van der Waals surface area contributed by atoms with E-state index in [1.54, 1.807) is 76.2 Å². The zero-order valence-electron chi connectivity index (χ0n) is 22.3. The van der Waals surface area contributed by atoms with E-state index in [1.165, 1.54) is 12.1 Å². The molecule has 4 amide bonds. The third-order valence-electron chi connectivity index (χ3n) is 4.69. The van der Waals surface area contributed by atoms with Crippen molar-refractivity contribution in [3.8, 4) is 0 Å². The number of halogens is 1. The summed E-state index contributed by atoms with van der Waals surface area (Å²) in [5, 5.41) is 0. The van der Waals surface area contributed by atoms with Crippen LogP contribution >= 0.6 is 15.9 Å². The Labute approximate surface area is 215 Å². The topological polar surface area (TPSA) is 102 Å². The maximum Gasteiger partial charge on any atom is 0.424 e. The summed E-state index contributed by atoms with van der Waals surface area (Å²) in [6.07, 6.45) is -2.71. The van der Waals surface area contributed by atoms with Gasteiger partial charge in [-0.1, -0.05) is 0 Å². The summed E-state index contributed by atoms with van der Waals surface area (Å²) >= 11 is 3.39. The molecule has 0 radical (unpaired) electrons. The third kappa shape index (κ3) is 6.54. The molecule has 0 atom stereocenters. The molecule has 0 aliphatic carbocycles. The van der Waals surface area contributed by atoms with E-state index in [1.807, 2.05) is 0 Å². The fraction of sp³-hybridized carbons (Fsp3) is 0.600. The van der Waals surface area contributed by atoms with E-state index in [0.717, 1.165) is 9.80 Å². The molecular weight excluding hydrogens is 520 g/mol. The minimum atomic E-state index is -1.14. The maximum atomic E-state index is 13.3. The molecular formula is C25H35BrN2O7. The van der Waals surface area contributed by atoms with Gasteiger partial charge in [-0.15, -0.1) is 0 Å². The van der Waals surface area contributed by atoms with Crippen LogP contribution in [0.4, 0.5) is 25.8 Å². The Morgan fingerprint density at radius 2 is 1.26 bits per heavy atom. The van der Waals surface area contributed by atoms with Crippen molar-refractivity contribution in [3.05, 3.63) is 22.2 Å². The lowest BCUT2D eigenvalue weighted by Crippen LogP contribution is -2.44. The molecule has 0 fully saturated rings. The maximum absolute atomic E-state index is 13.3. The highest BCUT2D eigenvalue weighted by molar-refractivity contribution is 9.10. The van der Waals surface area contributed by atoms with E-state index in [4.69, 9.17) is 14.2 Å². The summed E-state index contributed by atoms with van der Waals surface area (Å²) < 4.78 is 16.6. The molecule has 1 aromatic rings. The first-order valence-electron chi connectivity index (χ1n) is 11.2. The van der Waals surface area contributed by atoms with Gasteiger partial charge in [-0.25, -0.2) is 19.3 Å². The number of anilines is 2. The van der Waals surface area contributed by atoms with Crippen molar-refractivity contribution in [1.82, 2.24) is 0 Å². The fourth-order valence-electron chi connectivity index (χ4n) is 3.29. The van der Waals surface area contributed by atoms with Crippen molar-refractivity contribution in [2.24, 2.45) is 0 Å². The molecule has 0 N–H and O–H groups in total. The second-order valence-electron chi connectivity index (χ2n) is 11.9. The van der Waals surface area contributed by atoms with E-state index in [2.05, 4.69) is 15.9 Å². The average molecular weight is 555 g/mol. The second-order valence-corrected chi connectivity index (χ2v) is 12.7. The SMILES string of the molecule is CC(C)(C)OC(=O)N(C(=O)OC(C)(C)C)c1cc2c(cc1Br)N(C(=O)OC(C)(C)C)C(=O)C2(C)C. The Balaban J connectivity index is 2.68. The van der Waals surface area contributed by atoms with Gasteiger partial charge in [-0.3, -0.25) is 4.79 Å². The Hall–Kier alpha value is -2.62. The Bertz CT molecular complexity index is 1030. The molecule has 0 bridgehead atoms. The van der Waals surface area contributed by atoms with Crippen LogP contribution in [0, 0.1) is 0 Å². The van der Waals surface area contributed by atoms with E-state index in [-0.39, 0.29) is 10.2 Å². The number of nitrogens with zero attached hydrogens (tertiary/aromatic N) is 2. The van der Waals surface area contributed by atoms with Gasteiger partial charge in [0.25, 0.3) is 0 Å². The van der Waals surface area contributed by atoms with Gasteiger partial charge in [0.05, 0.1) is 16.8 Å². The van der Waals surface area contributed by atoms with Crippen molar-refractivity contribution in [3.63, 3.8) is 0 Å². The van der Waals surface area contributed by atoms with Crippen LogP contribution in [0.25, 0.3) is 0 Å². The van der Waals surface area contributed by atoms with Gasteiger partial charge >= 0.3 is 18.3 Å². The monoisotopic (exact) mass is 554 g/mol. The molecule has 194 valence electrons. The predicted octanol–water partition coefficient (Wildman–Crippen LogP) is 6.69. The number of hydrogen-bond acceptors (Lipinski definition) is 7. The molecule has 35 heavy (non-hydrogen) atoms. The molecule has 1 aromatic carbocycles. The lowest BCUT2D eigenvalue weighted by Gasteiger charge is -2.29. The summed E-state index contributed by atoms with van der Waals surface area (Å²) in [4.78, 5) is 54.1. The Morgan fingerprint density at radius 3 is 1.66 bits per heavy atom. The van der Waals surface area contributed by atoms with Gasteiger partial charge in [0, 0.05) is 4.47 Å². The Morgan fingerprint density at radius 1 is 0.829 bits per heavy atom. The number of benzene rings is 1. The summed E-state index contributed by atoms with van der Waals surface area (Å²) in [5.41, 5.74) is -2.89. The molecule has 0 aromatic heterocycles. The normalized spacial score (nSPS) is 15.4. The van der Waals surface area contributed by atoms with E-state index >= 15 is 0 Å². The minimum Gasteiger partial charge on any atom is -0.443 e. The van der Waals surface area contributed by atoms with Crippen LogP contribution in [0.1, 0.15) is 81.7 Å². The largest absolute Gasteiger partial charge is 0.443 e.